The van der Waals surface area contributed by atoms with Gasteiger partial charge in [-0.2, -0.15) is 0 Å². The molecule has 4 aromatic carbocycles. The van der Waals surface area contributed by atoms with E-state index in [1.807, 2.05) is 36.4 Å². The van der Waals surface area contributed by atoms with Crippen molar-refractivity contribution in [2.45, 2.75) is 6.92 Å². The first-order valence-electron chi connectivity index (χ1n) is 9.81. The number of nitrogens with zero attached hydrogens (tertiary/aromatic N) is 3. The zero-order valence-corrected chi connectivity index (χ0v) is 18.0. The molecule has 158 valence electrons. The highest BCUT2D eigenvalue weighted by Crippen LogP contribution is 2.35. The van der Waals surface area contributed by atoms with Gasteiger partial charge in [0.05, 0.1) is 32.5 Å². The van der Waals surface area contributed by atoms with Crippen molar-refractivity contribution in [1.82, 2.24) is 4.48 Å². The molecular weight excluding hydrogens is 390 g/mol. The number of carboxylic acid groups (broad SMARTS) is 1. The first kappa shape index (κ1) is 21.9. The van der Waals surface area contributed by atoms with E-state index in [2.05, 4.69) is 55.6 Å². The maximum atomic E-state index is 10.1. The number of phenols is 1. The van der Waals surface area contributed by atoms with Crippen molar-refractivity contribution in [2.24, 2.45) is 10.2 Å². The lowest BCUT2D eigenvalue weighted by molar-refractivity contribution is -0.302. The van der Waals surface area contributed by atoms with Gasteiger partial charge in [-0.3, -0.25) is 4.48 Å². The molecule has 0 atom stereocenters. The highest BCUT2D eigenvalue weighted by molar-refractivity contribution is 5.97. The van der Waals surface area contributed by atoms with Gasteiger partial charge >= 0.3 is 0 Å². The Labute approximate surface area is 181 Å². The van der Waals surface area contributed by atoms with Crippen LogP contribution in [0.3, 0.4) is 0 Å². The molecule has 0 saturated heterocycles. The van der Waals surface area contributed by atoms with Crippen molar-refractivity contribution in [2.75, 3.05) is 21.1 Å². The number of benzene rings is 4. The minimum absolute atomic E-state index is 0.252. The van der Waals surface area contributed by atoms with Crippen LogP contribution in [-0.4, -0.2) is 32.2 Å². The maximum absolute atomic E-state index is 10.1. The van der Waals surface area contributed by atoms with E-state index in [4.69, 9.17) is 9.90 Å². The number of aliphatic carboxylic acids is 1. The first-order valence-corrected chi connectivity index (χ1v) is 9.81. The number of carbonyl (C=O) groups is 1. The van der Waals surface area contributed by atoms with E-state index in [-0.39, 0.29) is 5.75 Å². The summed E-state index contributed by atoms with van der Waals surface area (Å²) in [6.45, 7) is 0.972. The van der Waals surface area contributed by atoms with Crippen molar-refractivity contribution >= 4 is 44.6 Å². The number of quaternary nitrogens is 1. The van der Waals surface area contributed by atoms with Crippen molar-refractivity contribution in [3.8, 4) is 5.75 Å². The molecule has 0 amide bonds. The summed E-state index contributed by atoms with van der Waals surface area (Å²) in [4.78, 5) is 8.89. The summed E-state index contributed by atoms with van der Waals surface area (Å²) in [6, 6.07) is 23.6. The van der Waals surface area contributed by atoms with Gasteiger partial charge in [0.15, 0.2) is 0 Å². The third kappa shape index (κ3) is 5.24. The zero-order valence-electron chi connectivity index (χ0n) is 18.0. The van der Waals surface area contributed by atoms with Crippen LogP contribution in [0, 0.1) is 0 Å². The fourth-order valence-electron chi connectivity index (χ4n) is 3.21. The summed E-state index contributed by atoms with van der Waals surface area (Å²) in [7, 11) is 6.44. The molecule has 0 spiro atoms. The molecule has 0 radical (unpaired) electrons. The van der Waals surface area contributed by atoms with Gasteiger partial charge in [-0.25, -0.2) is 0 Å². The van der Waals surface area contributed by atoms with Gasteiger partial charge in [-0.05, 0) is 42.6 Å². The van der Waals surface area contributed by atoms with Crippen LogP contribution in [0.15, 0.2) is 83.0 Å². The lowest BCUT2D eigenvalue weighted by atomic mass is 10.1. The Balaban J connectivity index is 0.000000628. The monoisotopic (exact) mass is 415 g/mol. The van der Waals surface area contributed by atoms with Crippen LogP contribution in [0.4, 0.5) is 17.1 Å². The van der Waals surface area contributed by atoms with Crippen LogP contribution < -0.4 is 9.59 Å². The Bertz CT molecular complexity index is 1270. The smallest absolute Gasteiger partial charge is 0.132 e. The molecule has 0 aliphatic rings. The number of aromatic hydroxyl groups is 1. The number of hydrogen-bond donors (Lipinski definition) is 1. The highest BCUT2D eigenvalue weighted by Gasteiger charge is 2.13. The second-order valence-corrected chi connectivity index (χ2v) is 8.04. The minimum Gasteiger partial charge on any atom is -0.550 e. The predicted molar refractivity (Wildman–Crippen MR) is 124 cm³/mol. The molecule has 0 aromatic heterocycles. The summed E-state index contributed by atoms with van der Waals surface area (Å²) in [6.07, 6.45) is 0. The maximum Gasteiger partial charge on any atom is 0.132 e. The van der Waals surface area contributed by atoms with Gasteiger partial charge in [0, 0.05) is 28.2 Å². The summed E-state index contributed by atoms with van der Waals surface area (Å²) in [5.74, 6) is -0.831. The largest absolute Gasteiger partial charge is 0.550 e. The van der Waals surface area contributed by atoms with Crippen LogP contribution in [0.25, 0.3) is 21.5 Å². The third-order valence-corrected chi connectivity index (χ3v) is 4.76. The molecule has 31 heavy (non-hydrogen) atoms. The van der Waals surface area contributed by atoms with Crippen LogP contribution in [0.2, 0.25) is 0 Å². The number of carboxylic acids is 1. The fraction of sp³-hybridized carbons (Fsp3) is 0.160. The Morgan fingerprint density at radius 2 is 1.42 bits per heavy atom. The van der Waals surface area contributed by atoms with Gasteiger partial charge < -0.3 is 15.0 Å². The predicted octanol–water partition coefficient (Wildman–Crippen LogP) is 5.07. The van der Waals surface area contributed by atoms with E-state index in [1.165, 1.54) is 5.69 Å². The third-order valence-electron chi connectivity index (χ3n) is 4.76. The Kier molecular flexibility index (Phi) is 6.32. The van der Waals surface area contributed by atoms with E-state index < -0.39 is 5.97 Å². The average molecular weight is 415 g/mol. The molecule has 0 fully saturated rings. The Morgan fingerprint density at radius 3 is 2.06 bits per heavy atom. The average Bonchev–Trinajstić information content (AvgIpc) is 2.72. The van der Waals surface area contributed by atoms with Crippen molar-refractivity contribution in [1.29, 1.82) is 0 Å². The number of hydrogen-bond acceptors (Lipinski definition) is 5. The van der Waals surface area contributed by atoms with E-state index in [1.54, 1.807) is 12.1 Å². The number of phenolic OH excluding ortho intramolecular Hbond substituents is 1. The van der Waals surface area contributed by atoms with Gasteiger partial charge in [-0.15, -0.1) is 10.2 Å². The van der Waals surface area contributed by atoms with Gasteiger partial charge in [-0.1, -0.05) is 36.4 Å². The van der Waals surface area contributed by atoms with Gasteiger partial charge in [0.25, 0.3) is 0 Å². The number of carbonyl (C=O) groups excluding carboxylic acids is 1. The highest BCUT2D eigenvalue weighted by atomic mass is 16.4. The lowest BCUT2D eigenvalue weighted by Crippen LogP contribution is -2.34. The van der Waals surface area contributed by atoms with Crippen LogP contribution in [0.1, 0.15) is 6.92 Å². The van der Waals surface area contributed by atoms with Gasteiger partial charge in [0.2, 0.25) is 0 Å². The van der Waals surface area contributed by atoms with E-state index >= 15 is 0 Å². The molecule has 4 aromatic rings. The first-order chi connectivity index (χ1) is 14.7. The second kappa shape index (κ2) is 8.93. The molecule has 0 heterocycles. The molecule has 0 bridgehead atoms. The second-order valence-electron chi connectivity index (χ2n) is 8.04. The Morgan fingerprint density at radius 1 is 0.806 bits per heavy atom. The number of rotatable bonds is 3. The number of azo groups is 1. The normalized spacial score (nSPS) is 11.5. The summed E-state index contributed by atoms with van der Waals surface area (Å²) in [5.41, 5.74) is 2.78. The molecule has 0 unspecified atom stereocenters. The summed E-state index contributed by atoms with van der Waals surface area (Å²) in [5, 5.41) is 31.9. The molecule has 4 rings (SSSR count). The van der Waals surface area contributed by atoms with Crippen LogP contribution in [0.5, 0.6) is 5.75 Å². The zero-order chi connectivity index (χ0) is 22.6. The van der Waals surface area contributed by atoms with Crippen molar-refractivity contribution in [3.05, 3.63) is 72.8 Å². The van der Waals surface area contributed by atoms with Crippen LogP contribution >= 0.6 is 0 Å². The van der Waals surface area contributed by atoms with E-state index in [0.717, 1.165) is 44.3 Å². The quantitative estimate of drug-likeness (QED) is 0.375. The Hall–Kier alpha value is -3.77. The molecule has 6 nitrogen and oxygen atoms in total. The molecular formula is C25H25N3O3. The molecule has 1 N–H and O–H groups in total. The van der Waals surface area contributed by atoms with E-state index in [9.17, 15) is 5.11 Å². The topological polar surface area (TPSA) is 85.1 Å². The summed E-state index contributed by atoms with van der Waals surface area (Å²) >= 11 is 0. The SMILES string of the molecule is CC(=O)[O-].C[N+](C)(C)c1ccc2cccc(N=Nc3ccc(O)c4ccccc34)c2c1. The van der Waals surface area contributed by atoms with Crippen molar-refractivity contribution in [3.63, 3.8) is 0 Å². The van der Waals surface area contributed by atoms with Crippen LogP contribution in [-0.2, 0) is 4.79 Å². The lowest BCUT2D eigenvalue weighted by Gasteiger charge is -2.23. The van der Waals surface area contributed by atoms with Crippen molar-refractivity contribution < 1.29 is 15.0 Å². The fourth-order valence-corrected chi connectivity index (χ4v) is 3.21. The molecule has 0 saturated carbocycles. The minimum atomic E-state index is -1.08. The molecule has 0 aliphatic heterocycles. The molecule has 0 aliphatic carbocycles. The number of fused-ring (bicyclic) bond motifs is 2. The van der Waals surface area contributed by atoms with E-state index in [0.29, 0.717) is 0 Å². The van der Waals surface area contributed by atoms with Gasteiger partial charge in [0.1, 0.15) is 11.4 Å². The molecule has 6 heteroatoms. The standard InChI is InChI=1S/C23H21N3O.C2H4O2/c1-26(2,3)17-12-11-16-7-6-10-21(20(16)15-17)24-25-22-13-14-23(27)19-9-5-4-8-18(19)22;1-2(3)4/h4-15H,1-3H3;1H3,(H,3,4). The summed E-state index contributed by atoms with van der Waals surface area (Å²) < 4.78 is 0.740.